The van der Waals surface area contributed by atoms with Gasteiger partial charge in [-0.15, -0.1) is 0 Å². The Hall–Kier alpha value is -0.910. The second-order valence-corrected chi connectivity index (χ2v) is 20.2. The number of carbonyl (C=O) groups excluding carboxylic acids is 1. The molecule has 63 heavy (non-hydrogen) atoms. The third-order valence-electron chi connectivity index (χ3n) is 13.9. The fourth-order valence-corrected chi connectivity index (χ4v) is 9.37. The van der Waals surface area contributed by atoms with Crippen LogP contribution in [0.1, 0.15) is 328 Å². The van der Waals surface area contributed by atoms with Crippen LogP contribution < -0.4 is 5.32 Å². The number of aliphatic hydroxyl groups is 3. The van der Waals surface area contributed by atoms with Gasteiger partial charge in [-0.05, 0) is 38.5 Å². The first-order valence-electron chi connectivity index (χ1n) is 29.0. The Morgan fingerprint density at radius 1 is 0.365 bits per heavy atom. The molecule has 5 nitrogen and oxygen atoms in total. The van der Waals surface area contributed by atoms with Crippen LogP contribution in [0.5, 0.6) is 0 Å². The molecule has 3 atom stereocenters. The van der Waals surface area contributed by atoms with E-state index in [-0.39, 0.29) is 6.61 Å². The van der Waals surface area contributed by atoms with Gasteiger partial charge < -0.3 is 20.6 Å². The molecule has 0 aliphatic rings. The molecule has 0 aliphatic heterocycles. The summed E-state index contributed by atoms with van der Waals surface area (Å²) in [6.07, 6.45) is 66.9. The van der Waals surface area contributed by atoms with E-state index in [4.69, 9.17) is 0 Å². The van der Waals surface area contributed by atoms with Crippen molar-refractivity contribution in [1.82, 2.24) is 5.32 Å². The molecular formula is C58H115NO4. The molecule has 0 spiro atoms. The van der Waals surface area contributed by atoms with Crippen LogP contribution in [0.4, 0.5) is 0 Å². The highest BCUT2D eigenvalue weighted by molar-refractivity contribution is 5.80. The standard InChI is InChI=1S/C58H115NO4/c1-3-5-7-9-11-13-15-17-19-21-23-25-27-29-31-33-35-37-39-41-43-45-47-49-51-53-57(62)58(63)59-55(54-60)56(61)52-50-48-46-44-42-40-38-36-34-32-30-28-26-24-22-20-18-16-14-12-10-8-6-4-2/h29,31,55-57,60-62H,3-28,30,32-54H2,1-2H3,(H,59,63)/b31-29-. The van der Waals surface area contributed by atoms with Crippen molar-refractivity contribution in [3.8, 4) is 0 Å². The summed E-state index contributed by atoms with van der Waals surface area (Å²) >= 11 is 0. The molecule has 0 aromatic rings. The first-order valence-corrected chi connectivity index (χ1v) is 29.0. The molecule has 5 heteroatoms. The summed E-state index contributed by atoms with van der Waals surface area (Å²) in [5, 5.41) is 33.6. The van der Waals surface area contributed by atoms with Crippen LogP contribution in [-0.4, -0.2) is 46.1 Å². The summed E-state index contributed by atoms with van der Waals surface area (Å²) in [7, 11) is 0. The van der Waals surface area contributed by atoms with Crippen molar-refractivity contribution in [2.75, 3.05) is 6.61 Å². The number of allylic oxidation sites excluding steroid dienone is 2. The van der Waals surface area contributed by atoms with E-state index >= 15 is 0 Å². The van der Waals surface area contributed by atoms with E-state index in [1.807, 2.05) is 0 Å². The lowest BCUT2D eigenvalue weighted by Gasteiger charge is -2.23. The third-order valence-corrected chi connectivity index (χ3v) is 13.9. The lowest BCUT2D eigenvalue weighted by molar-refractivity contribution is -0.131. The van der Waals surface area contributed by atoms with E-state index in [9.17, 15) is 20.1 Å². The van der Waals surface area contributed by atoms with Gasteiger partial charge in [0.05, 0.1) is 18.8 Å². The van der Waals surface area contributed by atoms with Gasteiger partial charge in [0.1, 0.15) is 6.10 Å². The van der Waals surface area contributed by atoms with Gasteiger partial charge in [0.2, 0.25) is 5.91 Å². The van der Waals surface area contributed by atoms with E-state index in [0.717, 1.165) is 32.1 Å². The van der Waals surface area contributed by atoms with Crippen molar-refractivity contribution >= 4 is 5.91 Å². The molecule has 3 unspecified atom stereocenters. The molecule has 0 aromatic heterocycles. The predicted octanol–water partition coefficient (Wildman–Crippen LogP) is 17.9. The summed E-state index contributed by atoms with van der Waals surface area (Å²) in [4.78, 5) is 12.6. The third kappa shape index (κ3) is 48.8. The Morgan fingerprint density at radius 2 is 0.603 bits per heavy atom. The smallest absolute Gasteiger partial charge is 0.249 e. The molecule has 0 bridgehead atoms. The fourth-order valence-electron chi connectivity index (χ4n) is 9.37. The summed E-state index contributed by atoms with van der Waals surface area (Å²) in [6, 6.07) is -0.711. The molecule has 0 radical (unpaired) electrons. The normalized spacial score (nSPS) is 13.3. The minimum atomic E-state index is -1.08. The maximum absolute atomic E-state index is 12.6. The van der Waals surface area contributed by atoms with Crippen LogP contribution in [0, 0.1) is 0 Å². The molecule has 0 heterocycles. The van der Waals surface area contributed by atoms with E-state index in [0.29, 0.717) is 12.8 Å². The monoisotopic (exact) mass is 890 g/mol. The number of rotatable bonds is 54. The highest BCUT2D eigenvalue weighted by Gasteiger charge is 2.23. The number of hydrogen-bond acceptors (Lipinski definition) is 4. The average molecular weight is 891 g/mol. The largest absolute Gasteiger partial charge is 0.394 e. The first kappa shape index (κ1) is 62.1. The van der Waals surface area contributed by atoms with Gasteiger partial charge in [-0.25, -0.2) is 0 Å². The van der Waals surface area contributed by atoms with Gasteiger partial charge in [0.15, 0.2) is 0 Å². The lowest BCUT2D eigenvalue weighted by atomic mass is 10.0. The van der Waals surface area contributed by atoms with Crippen LogP contribution in [-0.2, 0) is 4.79 Å². The van der Waals surface area contributed by atoms with Crippen molar-refractivity contribution in [2.24, 2.45) is 0 Å². The van der Waals surface area contributed by atoms with E-state index in [2.05, 4.69) is 31.3 Å². The number of aliphatic hydroxyl groups excluding tert-OH is 3. The highest BCUT2D eigenvalue weighted by Crippen LogP contribution is 2.18. The van der Waals surface area contributed by atoms with Crippen LogP contribution in [0.2, 0.25) is 0 Å². The molecule has 0 fully saturated rings. The zero-order valence-corrected chi connectivity index (χ0v) is 43.0. The summed E-state index contributed by atoms with van der Waals surface area (Å²) in [6.45, 7) is 4.28. The first-order chi connectivity index (χ1) is 31.1. The van der Waals surface area contributed by atoms with Crippen molar-refractivity contribution in [3.05, 3.63) is 12.2 Å². The van der Waals surface area contributed by atoms with Crippen molar-refractivity contribution < 1.29 is 20.1 Å². The Bertz CT molecular complexity index is 894. The summed E-state index contributed by atoms with van der Waals surface area (Å²) in [5.41, 5.74) is 0. The van der Waals surface area contributed by atoms with Gasteiger partial charge in [-0.1, -0.05) is 302 Å². The van der Waals surface area contributed by atoms with Gasteiger partial charge in [0.25, 0.3) is 0 Å². The zero-order valence-electron chi connectivity index (χ0n) is 43.0. The Balaban J connectivity index is 3.51. The fraction of sp³-hybridized carbons (Fsp3) is 0.948. The zero-order chi connectivity index (χ0) is 45.8. The number of hydrogen-bond donors (Lipinski definition) is 4. The van der Waals surface area contributed by atoms with E-state index < -0.39 is 24.2 Å². The van der Waals surface area contributed by atoms with Gasteiger partial charge in [-0.2, -0.15) is 0 Å². The topological polar surface area (TPSA) is 89.8 Å². The number of carbonyl (C=O) groups is 1. The van der Waals surface area contributed by atoms with Crippen molar-refractivity contribution in [3.63, 3.8) is 0 Å². The summed E-state index contributed by atoms with van der Waals surface area (Å²) in [5.74, 6) is -0.466. The number of amides is 1. The van der Waals surface area contributed by atoms with Gasteiger partial charge in [-0.3, -0.25) is 4.79 Å². The molecule has 376 valence electrons. The summed E-state index contributed by atoms with van der Waals surface area (Å²) < 4.78 is 0. The molecular weight excluding hydrogens is 775 g/mol. The molecule has 0 rings (SSSR count). The van der Waals surface area contributed by atoms with Crippen molar-refractivity contribution in [1.29, 1.82) is 0 Å². The quantitative estimate of drug-likeness (QED) is 0.0362. The second kappa shape index (κ2) is 53.7. The predicted molar refractivity (Wildman–Crippen MR) is 278 cm³/mol. The van der Waals surface area contributed by atoms with E-state index in [1.165, 1.54) is 270 Å². The molecule has 1 amide bonds. The molecule has 0 saturated heterocycles. The minimum Gasteiger partial charge on any atom is -0.394 e. The minimum absolute atomic E-state index is 0.310. The highest BCUT2D eigenvalue weighted by atomic mass is 16.3. The van der Waals surface area contributed by atoms with Crippen LogP contribution in [0.25, 0.3) is 0 Å². The van der Waals surface area contributed by atoms with Gasteiger partial charge >= 0.3 is 0 Å². The van der Waals surface area contributed by atoms with Crippen LogP contribution in [0.15, 0.2) is 12.2 Å². The second-order valence-electron chi connectivity index (χ2n) is 20.2. The van der Waals surface area contributed by atoms with Crippen molar-refractivity contribution in [2.45, 2.75) is 347 Å². The maximum atomic E-state index is 12.6. The molecule has 0 aromatic carbocycles. The Morgan fingerprint density at radius 3 is 0.873 bits per heavy atom. The molecule has 0 aliphatic carbocycles. The molecule has 0 saturated carbocycles. The molecule has 4 N–H and O–H groups in total. The number of nitrogens with one attached hydrogen (secondary N) is 1. The van der Waals surface area contributed by atoms with Gasteiger partial charge in [0, 0.05) is 0 Å². The van der Waals surface area contributed by atoms with Crippen LogP contribution in [0.3, 0.4) is 0 Å². The average Bonchev–Trinajstić information content (AvgIpc) is 3.29. The SMILES string of the molecule is CCCCCCCCCCCCCC/C=C\CCCCCCCCCCCC(O)C(=O)NC(CO)C(O)CCCCCCCCCCCCCCCCCCCCCCCCCC. The Labute approximate surface area is 395 Å². The van der Waals surface area contributed by atoms with E-state index in [1.54, 1.807) is 0 Å². The van der Waals surface area contributed by atoms with Crippen LogP contribution >= 0.6 is 0 Å². The maximum Gasteiger partial charge on any atom is 0.249 e. The lowest BCUT2D eigenvalue weighted by Crippen LogP contribution is -2.49. The Kier molecular flexibility index (Phi) is 52.9. The number of unbranched alkanes of at least 4 members (excludes halogenated alkanes) is 44.